The molecule has 0 aromatic carbocycles. The summed E-state index contributed by atoms with van der Waals surface area (Å²) in [6.45, 7) is 22.9. The monoisotopic (exact) mass is 512 g/mol. The molecular weight excluding hydrogens is 469 g/mol. The molecule has 12 heteroatoms. The van der Waals surface area contributed by atoms with E-state index in [0.717, 1.165) is 0 Å². The Morgan fingerprint density at radius 3 is 1.61 bits per heavy atom. The van der Waals surface area contributed by atoms with Gasteiger partial charge in [-0.1, -0.05) is 6.58 Å². The minimum atomic E-state index is -3.14. The number of carbonyl (C=O) groups is 1. The van der Waals surface area contributed by atoms with Gasteiger partial charge < -0.3 is 32.4 Å². The lowest BCUT2D eigenvalue weighted by Gasteiger charge is -2.43. The van der Waals surface area contributed by atoms with Crippen LogP contribution in [0.25, 0.3) is 0 Å². The zero-order chi connectivity index (χ0) is 24.9. The van der Waals surface area contributed by atoms with Gasteiger partial charge >= 0.3 is 14.8 Å². The Morgan fingerprint density at radius 1 is 0.935 bits per heavy atom. The van der Waals surface area contributed by atoms with Crippen molar-refractivity contribution in [2.75, 3.05) is 6.61 Å². The van der Waals surface area contributed by atoms with Crippen molar-refractivity contribution in [1.82, 2.24) is 0 Å². The van der Waals surface area contributed by atoms with Gasteiger partial charge in [-0.05, 0) is 72.3 Å². The Morgan fingerprint density at radius 2 is 1.32 bits per heavy atom. The van der Waals surface area contributed by atoms with E-state index in [0.29, 0.717) is 12.5 Å². The average Bonchev–Trinajstić information content (AvgIpc) is 2.48. The van der Waals surface area contributed by atoms with Crippen LogP contribution >= 0.6 is 0 Å². The van der Waals surface area contributed by atoms with Gasteiger partial charge in [-0.2, -0.15) is 0 Å². The molecule has 0 aromatic rings. The van der Waals surface area contributed by atoms with Gasteiger partial charge in [0, 0.05) is 18.0 Å². The van der Waals surface area contributed by atoms with E-state index in [-0.39, 0.29) is 12.0 Å². The summed E-state index contributed by atoms with van der Waals surface area (Å²) in [5.74, 6) is -3.09. The highest BCUT2D eigenvalue weighted by atomic mass is 28.5. The molecule has 2 unspecified atom stereocenters. The fraction of sp³-hybridized carbons (Fsp3) is 0.842. The molecular formula is C19H44O8Si4. The van der Waals surface area contributed by atoms with Gasteiger partial charge in [-0.15, -0.1) is 0 Å². The second kappa shape index (κ2) is 11.3. The largest absolute Gasteiger partial charge is 0.469 e. The van der Waals surface area contributed by atoms with Gasteiger partial charge in [-0.3, -0.25) is 0 Å². The molecule has 184 valence electrons. The van der Waals surface area contributed by atoms with Crippen LogP contribution in [0.3, 0.4) is 0 Å². The van der Waals surface area contributed by atoms with Crippen molar-refractivity contribution in [1.29, 1.82) is 0 Å². The van der Waals surface area contributed by atoms with Crippen LogP contribution in [0.4, 0.5) is 0 Å². The molecule has 0 aliphatic carbocycles. The number of aliphatic hydroxyl groups is 3. The lowest BCUT2D eigenvalue weighted by molar-refractivity contribution is -0.253. The maximum atomic E-state index is 12.0. The molecule has 0 radical (unpaired) electrons. The van der Waals surface area contributed by atoms with Gasteiger partial charge in [0.2, 0.25) is 5.79 Å². The molecule has 3 N–H and O–H groups in total. The number of carbonyl (C=O) groups excluding carboxylic acids is 1. The highest BCUT2D eigenvalue weighted by Crippen LogP contribution is 2.32. The van der Waals surface area contributed by atoms with E-state index in [1.54, 1.807) is 0 Å². The smallest absolute Gasteiger partial charge is 0.427 e. The Bertz CT molecular complexity index is 569. The van der Waals surface area contributed by atoms with Crippen molar-refractivity contribution >= 4 is 39.7 Å². The average molecular weight is 513 g/mol. The van der Waals surface area contributed by atoms with Crippen LogP contribution in [-0.2, 0) is 21.9 Å². The number of hydrogen-bond acceptors (Lipinski definition) is 8. The number of rotatable bonds is 14. The second-order valence-electron chi connectivity index (χ2n) is 10.9. The minimum Gasteiger partial charge on any atom is -0.427 e. The first kappa shape index (κ1) is 30.8. The first-order valence-electron chi connectivity index (χ1n) is 10.6. The lowest BCUT2D eigenvalue weighted by Crippen LogP contribution is -2.60. The van der Waals surface area contributed by atoms with E-state index in [1.807, 2.05) is 0 Å². The fourth-order valence-electron chi connectivity index (χ4n) is 2.85. The normalized spacial score (nSPS) is 16.5. The molecule has 0 rings (SSSR count). The van der Waals surface area contributed by atoms with Crippen LogP contribution < -0.4 is 0 Å². The maximum Gasteiger partial charge on any atom is 0.469 e. The Balaban J connectivity index is 5.85. The maximum absolute atomic E-state index is 12.0. The van der Waals surface area contributed by atoms with Crippen molar-refractivity contribution < 1.29 is 37.2 Å². The van der Waals surface area contributed by atoms with Crippen LogP contribution in [0.1, 0.15) is 19.8 Å². The van der Waals surface area contributed by atoms with Gasteiger partial charge in [0.1, 0.15) is 6.10 Å². The molecule has 0 aromatic heterocycles. The molecule has 0 amide bonds. The van der Waals surface area contributed by atoms with Gasteiger partial charge in [0.15, 0.2) is 25.0 Å². The van der Waals surface area contributed by atoms with E-state index < -0.39 is 58.2 Å². The zero-order valence-electron chi connectivity index (χ0n) is 21.0. The van der Waals surface area contributed by atoms with E-state index in [4.69, 9.17) is 17.1 Å². The predicted molar refractivity (Wildman–Crippen MR) is 132 cm³/mol. The van der Waals surface area contributed by atoms with Crippen molar-refractivity contribution in [2.24, 2.45) is 0 Å². The number of esters is 1. The highest BCUT2D eigenvalue weighted by molar-refractivity contribution is 6.90. The fourth-order valence-corrected chi connectivity index (χ4v) is 17.5. The molecule has 0 aliphatic rings. The van der Waals surface area contributed by atoms with Crippen LogP contribution in [0.5, 0.6) is 0 Å². The number of aliphatic hydroxyl groups excluding tert-OH is 2. The topological polar surface area (TPSA) is 115 Å². The summed E-state index contributed by atoms with van der Waals surface area (Å²) in [5, 5.41) is 30.3. The van der Waals surface area contributed by atoms with Gasteiger partial charge in [0.25, 0.3) is 0 Å². The summed E-state index contributed by atoms with van der Waals surface area (Å²) in [6, 6.07) is 0.400. The quantitative estimate of drug-likeness (QED) is 0.140. The van der Waals surface area contributed by atoms with Gasteiger partial charge in [-0.25, -0.2) is 4.79 Å². The molecule has 31 heavy (non-hydrogen) atoms. The summed E-state index contributed by atoms with van der Waals surface area (Å²) < 4.78 is 24.9. The predicted octanol–water partition coefficient (Wildman–Crippen LogP) is 3.42. The molecule has 8 nitrogen and oxygen atoms in total. The zero-order valence-corrected chi connectivity index (χ0v) is 25.0. The van der Waals surface area contributed by atoms with Crippen molar-refractivity contribution in [3.63, 3.8) is 0 Å². The second-order valence-corrected chi connectivity index (χ2v) is 27.9. The summed E-state index contributed by atoms with van der Waals surface area (Å²) in [4.78, 5) is 12.0. The lowest BCUT2D eigenvalue weighted by atomic mass is 10.0. The Kier molecular flexibility index (Phi) is 11.3. The third-order valence-corrected chi connectivity index (χ3v) is 15.8. The van der Waals surface area contributed by atoms with Crippen LogP contribution in [0.2, 0.25) is 65.0 Å². The SMILES string of the molecule is C=C(C)C(=O)OC(O)(CCC[Si](O[Si](C)(C)C)(O[Si](C)(C)C)O[Si](C)(C)C)C(O)CO. The molecule has 2 atom stereocenters. The van der Waals surface area contributed by atoms with Crippen LogP contribution in [0, 0.1) is 0 Å². The molecule has 0 saturated carbocycles. The van der Waals surface area contributed by atoms with Crippen LogP contribution in [-0.4, -0.2) is 73.5 Å². The highest BCUT2D eigenvalue weighted by Gasteiger charge is 2.50. The molecule has 0 aliphatic heterocycles. The van der Waals surface area contributed by atoms with Crippen molar-refractivity contribution in [3.8, 4) is 0 Å². The summed E-state index contributed by atoms with van der Waals surface area (Å²) in [6.07, 6.45) is -1.45. The molecule has 0 bridgehead atoms. The molecule has 0 spiro atoms. The number of hydrogen-bond donors (Lipinski definition) is 3. The standard InChI is InChI=1S/C19H44O8Si4/c1-16(2)18(22)24-19(23,17(21)15-20)13-12-14-31(25-28(3,4)5,26-29(6,7)8)27-30(9,10)11/h17,20-21,23H,1,12-15H2,2-11H3. The first-order chi connectivity index (χ1) is 13.6. The molecule has 0 saturated heterocycles. The summed E-state index contributed by atoms with van der Waals surface area (Å²) in [7, 11) is -9.29. The van der Waals surface area contributed by atoms with E-state index >= 15 is 0 Å². The van der Waals surface area contributed by atoms with Gasteiger partial charge in [0.05, 0.1) is 6.61 Å². The third-order valence-electron chi connectivity index (χ3n) is 3.71. The number of ether oxygens (including phenoxy) is 1. The van der Waals surface area contributed by atoms with Crippen molar-refractivity contribution in [3.05, 3.63) is 12.2 Å². The third kappa shape index (κ3) is 12.6. The molecule has 0 fully saturated rings. The Hall–Kier alpha value is -0.162. The van der Waals surface area contributed by atoms with Crippen molar-refractivity contribution in [2.45, 2.75) is 96.6 Å². The van der Waals surface area contributed by atoms with E-state index in [9.17, 15) is 20.1 Å². The first-order valence-corrected chi connectivity index (χ1v) is 22.8. The van der Waals surface area contributed by atoms with E-state index in [2.05, 4.69) is 65.5 Å². The molecule has 0 heterocycles. The van der Waals surface area contributed by atoms with Crippen LogP contribution in [0.15, 0.2) is 12.2 Å². The summed E-state index contributed by atoms with van der Waals surface area (Å²) >= 11 is 0. The minimum absolute atomic E-state index is 0.0819. The Labute approximate surface area is 192 Å². The van der Waals surface area contributed by atoms with E-state index in [1.165, 1.54) is 6.92 Å². The summed E-state index contributed by atoms with van der Waals surface area (Å²) in [5.41, 5.74) is 0.0819.